The van der Waals surface area contributed by atoms with Crippen molar-refractivity contribution in [3.05, 3.63) is 27.7 Å². The van der Waals surface area contributed by atoms with E-state index in [2.05, 4.69) is 25.6 Å². The van der Waals surface area contributed by atoms with E-state index in [1.54, 1.807) is 12.1 Å². The van der Waals surface area contributed by atoms with E-state index in [0.29, 0.717) is 6.54 Å². The molecule has 0 amide bonds. The lowest BCUT2D eigenvalue weighted by atomic mass is 10.3. The van der Waals surface area contributed by atoms with Crippen molar-refractivity contribution in [1.82, 2.24) is 9.62 Å². The molecule has 7 heteroatoms. The minimum absolute atomic E-state index is 0.116. The first kappa shape index (κ1) is 16.9. The SMILES string of the molecule is CN(C)CCCCNS(=O)(=O)c1ccc(Br)cc1Cl. The Kier molecular flexibility index (Phi) is 6.76. The maximum Gasteiger partial charge on any atom is 0.242 e. The van der Waals surface area contributed by atoms with Crippen molar-refractivity contribution < 1.29 is 8.42 Å². The molecule has 0 atom stereocenters. The number of halogens is 2. The van der Waals surface area contributed by atoms with Gasteiger partial charge in [0.1, 0.15) is 4.90 Å². The standard InChI is InChI=1S/C12H18BrClN2O2S/c1-16(2)8-4-3-7-15-19(17,18)12-6-5-10(13)9-11(12)14/h5-6,9,15H,3-4,7-8H2,1-2H3. The molecule has 19 heavy (non-hydrogen) atoms. The molecule has 0 bridgehead atoms. The number of nitrogens with one attached hydrogen (secondary N) is 1. The van der Waals surface area contributed by atoms with E-state index in [-0.39, 0.29) is 9.92 Å². The lowest BCUT2D eigenvalue weighted by molar-refractivity contribution is 0.394. The maximum atomic E-state index is 12.0. The summed E-state index contributed by atoms with van der Waals surface area (Å²) in [5, 5.41) is 0.218. The zero-order chi connectivity index (χ0) is 14.5. The molecule has 108 valence electrons. The van der Waals surface area contributed by atoms with Crippen molar-refractivity contribution >= 4 is 37.6 Å². The van der Waals surface area contributed by atoms with Gasteiger partial charge in [-0.15, -0.1) is 0 Å². The Morgan fingerprint density at radius 3 is 2.58 bits per heavy atom. The maximum absolute atomic E-state index is 12.0. The van der Waals surface area contributed by atoms with Crippen molar-refractivity contribution in [1.29, 1.82) is 0 Å². The van der Waals surface area contributed by atoms with Crippen molar-refractivity contribution in [3.8, 4) is 0 Å². The number of nitrogens with zero attached hydrogens (tertiary/aromatic N) is 1. The van der Waals surface area contributed by atoms with Gasteiger partial charge < -0.3 is 4.90 Å². The van der Waals surface area contributed by atoms with Crippen LogP contribution in [-0.2, 0) is 10.0 Å². The third kappa shape index (κ3) is 5.79. The first-order valence-electron chi connectivity index (χ1n) is 5.92. The molecule has 0 saturated heterocycles. The van der Waals surface area contributed by atoms with Crippen LogP contribution in [0.4, 0.5) is 0 Å². The molecule has 0 saturated carbocycles. The zero-order valence-electron chi connectivity index (χ0n) is 11.0. The highest BCUT2D eigenvalue weighted by atomic mass is 79.9. The largest absolute Gasteiger partial charge is 0.309 e. The van der Waals surface area contributed by atoms with Crippen LogP contribution in [0.3, 0.4) is 0 Å². The Bertz CT molecular complexity index is 520. The van der Waals surface area contributed by atoms with E-state index in [1.807, 2.05) is 14.1 Å². The molecule has 0 fully saturated rings. The fourth-order valence-corrected chi connectivity index (χ4v) is 3.64. The lowest BCUT2D eigenvalue weighted by Crippen LogP contribution is -2.25. The summed E-state index contributed by atoms with van der Waals surface area (Å²) in [4.78, 5) is 2.19. The van der Waals surface area contributed by atoms with Gasteiger partial charge in [0.2, 0.25) is 10.0 Å². The normalized spacial score (nSPS) is 12.1. The summed E-state index contributed by atoms with van der Waals surface area (Å²) >= 11 is 9.19. The molecular formula is C12H18BrClN2O2S. The topological polar surface area (TPSA) is 49.4 Å². The quantitative estimate of drug-likeness (QED) is 0.752. The summed E-state index contributed by atoms with van der Waals surface area (Å²) in [6.07, 6.45) is 1.75. The summed E-state index contributed by atoms with van der Waals surface area (Å²) < 4.78 is 27.4. The van der Waals surface area contributed by atoms with Gasteiger partial charge in [0, 0.05) is 11.0 Å². The Morgan fingerprint density at radius 1 is 1.32 bits per heavy atom. The fraction of sp³-hybridized carbons (Fsp3) is 0.500. The van der Waals surface area contributed by atoms with Gasteiger partial charge in [-0.3, -0.25) is 0 Å². The molecule has 4 nitrogen and oxygen atoms in total. The first-order chi connectivity index (χ1) is 8.83. The second-order valence-electron chi connectivity index (χ2n) is 4.48. The van der Waals surface area contributed by atoms with Crippen molar-refractivity contribution in [2.24, 2.45) is 0 Å². The van der Waals surface area contributed by atoms with Gasteiger partial charge in [0.05, 0.1) is 5.02 Å². The van der Waals surface area contributed by atoms with Gasteiger partial charge in [-0.05, 0) is 51.7 Å². The molecule has 0 unspecified atom stereocenters. The monoisotopic (exact) mass is 368 g/mol. The van der Waals surface area contributed by atoms with Crippen LogP contribution in [0.25, 0.3) is 0 Å². The molecule has 0 heterocycles. The molecule has 0 aliphatic heterocycles. The predicted molar refractivity (Wildman–Crippen MR) is 82.1 cm³/mol. The van der Waals surface area contributed by atoms with E-state index in [1.165, 1.54) is 6.07 Å². The van der Waals surface area contributed by atoms with Gasteiger partial charge in [-0.25, -0.2) is 13.1 Å². The van der Waals surface area contributed by atoms with Crippen LogP contribution in [-0.4, -0.2) is 40.5 Å². The minimum Gasteiger partial charge on any atom is -0.309 e. The summed E-state index contributed by atoms with van der Waals surface area (Å²) in [6, 6.07) is 4.73. The average molecular weight is 370 g/mol. The number of rotatable bonds is 7. The molecule has 1 rings (SSSR count). The van der Waals surface area contributed by atoms with Gasteiger partial charge in [0.15, 0.2) is 0 Å². The highest BCUT2D eigenvalue weighted by molar-refractivity contribution is 9.10. The van der Waals surface area contributed by atoms with Crippen LogP contribution in [0.15, 0.2) is 27.6 Å². The molecule has 1 aromatic carbocycles. The second-order valence-corrected chi connectivity index (χ2v) is 7.54. The third-order valence-corrected chi connectivity index (χ3v) is 4.94. The highest BCUT2D eigenvalue weighted by Crippen LogP contribution is 2.24. The average Bonchev–Trinajstić information content (AvgIpc) is 2.27. The summed E-state index contributed by atoms with van der Waals surface area (Å²) in [5.74, 6) is 0. The molecule has 1 N–H and O–H groups in total. The van der Waals surface area contributed by atoms with Crippen molar-refractivity contribution in [3.63, 3.8) is 0 Å². The number of unbranched alkanes of at least 4 members (excludes halogenated alkanes) is 1. The van der Waals surface area contributed by atoms with Crippen LogP contribution in [0.1, 0.15) is 12.8 Å². The van der Waals surface area contributed by atoms with Gasteiger partial charge in [-0.2, -0.15) is 0 Å². The van der Waals surface area contributed by atoms with E-state index in [4.69, 9.17) is 11.6 Å². The number of hydrogen-bond acceptors (Lipinski definition) is 3. The number of sulfonamides is 1. The Morgan fingerprint density at radius 2 is 2.00 bits per heavy atom. The lowest BCUT2D eigenvalue weighted by Gasteiger charge is -2.10. The highest BCUT2D eigenvalue weighted by Gasteiger charge is 2.17. The van der Waals surface area contributed by atoms with Gasteiger partial charge >= 0.3 is 0 Å². The fourth-order valence-electron chi connectivity index (χ4n) is 1.53. The van der Waals surface area contributed by atoms with E-state index < -0.39 is 10.0 Å². The summed E-state index contributed by atoms with van der Waals surface area (Å²) in [5.41, 5.74) is 0. The van der Waals surface area contributed by atoms with E-state index in [0.717, 1.165) is 23.9 Å². The van der Waals surface area contributed by atoms with Gasteiger partial charge in [-0.1, -0.05) is 27.5 Å². The van der Waals surface area contributed by atoms with Crippen LogP contribution < -0.4 is 4.72 Å². The second kappa shape index (κ2) is 7.59. The Labute approximate surface area is 128 Å². The smallest absolute Gasteiger partial charge is 0.242 e. The van der Waals surface area contributed by atoms with Crippen molar-refractivity contribution in [2.75, 3.05) is 27.2 Å². The molecule has 1 aromatic rings. The predicted octanol–water partition coefficient (Wildman–Crippen LogP) is 2.72. The van der Waals surface area contributed by atoms with Crippen LogP contribution in [0.2, 0.25) is 5.02 Å². The molecule has 0 spiro atoms. The number of hydrogen-bond donors (Lipinski definition) is 1. The zero-order valence-corrected chi connectivity index (χ0v) is 14.1. The molecule has 0 aliphatic rings. The van der Waals surface area contributed by atoms with Crippen LogP contribution in [0, 0.1) is 0 Å². The van der Waals surface area contributed by atoms with Crippen LogP contribution >= 0.6 is 27.5 Å². The molecule has 0 aromatic heterocycles. The van der Waals surface area contributed by atoms with E-state index >= 15 is 0 Å². The number of benzene rings is 1. The Balaban J connectivity index is 2.56. The molecular weight excluding hydrogens is 352 g/mol. The summed E-state index contributed by atoms with van der Waals surface area (Å²) in [7, 11) is 0.459. The van der Waals surface area contributed by atoms with E-state index in [9.17, 15) is 8.42 Å². The van der Waals surface area contributed by atoms with Crippen molar-refractivity contribution in [2.45, 2.75) is 17.7 Å². The van der Waals surface area contributed by atoms with Crippen LogP contribution in [0.5, 0.6) is 0 Å². The molecule has 0 aliphatic carbocycles. The third-order valence-electron chi connectivity index (χ3n) is 2.51. The first-order valence-corrected chi connectivity index (χ1v) is 8.58. The Hall–Kier alpha value is -0.140. The minimum atomic E-state index is -3.52. The molecule has 0 radical (unpaired) electrons. The summed E-state index contributed by atoms with van der Waals surface area (Å²) in [6.45, 7) is 1.36. The van der Waals surface area contributed by atoms with Gasteiger partial charge in [0.25, 0.3) is 0 Å².